The van der Waals surface area contributed by atoms with Gasteiger partial charge in [-0.1, -0.05) is 0 Å². The van der Waals surface area contributed by atoms with Crippen LogP contribution >= 0.6 is 11.3 Å². The van der Waals surface area contributed by atoms with E-state index in [1.807, 2.05) is 24.9 Å². The van der Waals surface area contributed by atoms with Crippen LogP contribution in [0.15, 0.2) is 17.6 Å². The van der Waals surface area contributed by atoms with Gasteiger partial charge in [0.25, 0.3) is 0 Å². The Bertz CT molecular complexity index is 550. The number of hydrogen-bond donors (Lipinski definition) is 0. The SMILES string of the molecule is Cc1csc([C@@H]2COCCN2Cc2ccnn2C)n1. The summed E-state index contributed by atoms with van der Waals surface area (Å²) >= 11 is 1.72. The van der Waals surface area contributed by atoms with Crippen LogP contribution in [0.4, 0.5) is 0 Å². The minimum Gasteiger partial charge on any atom is -0.378 e. The molecule has 0 spiro atoms. The molecule has 1 aliphatic rings. The van der Waals surface area contributed by atoms with Crippen molar-refractivity contribution in [2.24, 2.45) is 7.05 Å². The number of morpholine rings is 1. The average Bonchev–Trinajstić information content (AvgIpc) is 3.00. The second kappa shape index (κ2) is 5.40. The maximum atomic E-state index is 5.63. The van der Waals surface area contributed by atoms with Crippen LogP contribution in [0.1, 0.15) is 22.4 Å². The first-order chi connectivity index (χ1) is 9.24. The van der Waals surface area contributed by atoms with Crippen LogP contribution in [0.25, 0.3) is 0 Å². The van der Waals surface area contributed by atoms with Crippen LogP contribution in [0.3, 0.4) is 0 Å². The molecule has 0 unspecified atom stereocenters. The monoisotopic (exact) mass is 278 g/mol. The molecule has 19 heavy (non-hydrogen) atoms. The predicted molar refractivity (Wildman–Crippen MR) is 74.0 cm³/mol. The molecule has 0 bridgehead atoms. The summed E-state index contributed by atoms with van der Waals surface area (Å²) < 4.78 is 7.56. The van der Waals surface area contributed by atoms with Gasteiger partial charge >= 0.3 is 0 Å². The molecule has 1 aliphatic heterocycles. The summed E-state index contributed by atoms with van der Waals surface area (Å²) in [7, 11) is 1.98. The van der Waals surface area contributed by atoms with E-state index in [4.69, 9.17) is 4.74 Å². The molecule has 0 aliphatic carbocycles. The molecular weight excluding hydrogens is 260 g/mol. The summed E-state index contributed by atoms with van der Waals surface area (Å²) in [6.45, 7) is 5.39. The topological polar surface area (TPSA) is 43.2 Å². The van der Waals surface area contributed by atoms with Gasteiger partial charge in [0, 0.05) is 37.4 Å². The first-order valence-electron chi connectivity index (χ1n) is 6.45. The van der Waals surface area contributed by atoms with E-state index in [1.54, 1.807) is 11.3 Å². The second-order valence-corrected chi connectivity index (χ2v) is 5.72. The number of aryl methyl sites for hydroxylation is 2. The normalized spacial score (nSPS) is 20.8. The summed E-state index contributed by atoms with van der Waals surface area (Å²) in [5.41, 5.74) is 2.31. The lowest BCUT2D eigenvalue weighted by atomic mass is 10.2. The molecule has 5 nitrogen and oxygen atoms in total. The zero-order valence-corrected chi connectivity index (χ0v) is 12.1. The minimum atomic E-state index is 0.266. The Balaban J connectivity index is 1.79. The number of rotatable bonds is 3. The van der Waals surface area contributed by atoms with Gasteiger partial charge in [0.15, 0.2) is 0 Å². The molecule has 3 rings (SSSR count). The van der Waals surface area contributed by atoms with Crippen molar-refractivity contribution in [3.8, 4) is 0 Å². The van der Waals surface area contributed by atoms with Crippen LogP contribution in [0.5, 0.6) is 0 Å². The molecule has 0 radical (unpaired) electrons. The molecule has 1 saturated heterocycles. The molecule has 0 saturated carbocycles. The van der Waals surface area contributed by atoms with Crippen molar-refractivity contribution < 1.29 is 4.74 Å². The van der Waals surface area contributed by atoms with E-state index in [9.17, 15) is 0 Å². The lowest BCUT2D eigenvalue weighted by molar-refractivity contribution is -0.0138. The number of nitrogens with zero attached hydrogens (tertiary/aromatic N) is 4. The summed E-state index contributed by atoms with van der Waals surface area (Å²) in [5, 5.41) is 7.49. The molecule has 3 heterocycles. The van der Waals surface area contributed by atoms with E-state index in [2.05, 4.69) is 26.4 Å². The molecule has 1 fully saturated rings. The predicted octanol–water partition coefficient (Wildman–Crippen LogP) is 1.76. The molecule has 102 valence electrons. The van der Waals surface area contributed by atoms with Gasteiger partial charge in [-0.15, -0.1) is 11.3 Å². The Morgan fingerprint density at radius 3 is 3.11 bits per heavy atom. The molecule has 0 aromatic carbocycles. The standard InChI is InChI=1S/C13H18N4OS/c1-10-9-19-13(15-10)12-8-18-6-5-17(12)7-11-3-4-14-16(11)2/h3-4,9,12H,5-8H2,1-2H3/t12-/m0/s1. The van der Waals surface area contributed by atoms with E-state index in [0.717, 1.165) is 37.0 Å². The van der Waals surface area contributed by atoms with Gasteiger partial charge < -0.3 is 4.74 Å². The van der Waals surface area contributed by atoms with E-state index < -0.39 is 0 Å². The lowest BCUT2D eigenvalue weighted by Crippen LogP contribution is -2.39. The van der Waals surface area contributed by atoms with Crippen molar-refractivity contribution in [2.75, 3.05) is 19.8 Å². The van der Waals surface area contributed by atoms with Crippen molar-refractivity contribution in [3.05, 3.63) is 34.0 Å². The van der Waals surface area contributed by atoms with Gasteiger partial charge in [0.1, 0.15) is 5.01 Å². The maximum absolute atomic E-state index is 5.63. The summed E-state index contributed by atoms with van der Waals surface area (Å²) in [6, 6.07) is 2.34. The van der Waals surface area contributed by atoms with Gasteiger partial charge in [0.05, 0.1) is 24.9 Å². The van der Waals surface area contributed by atoms with E-state index in [0.29, 0.717) is 0 Å². The number of hydrogen-bond acceptors (Lipinski definition) is 5. The molecule has 0 N–H and O–H groups in total. The summed E-state index contributed by atoms with van der Waals surface area (Å²) in [4.78, 5) is 7.04. The molecular formula is C13H18N4OS. The van der Waals surface area contributed by atoms with Crippen molar-refractivity contribution in [2.45, 2.75) is 19.5 Å². The van der Waals surface area contributed by atoms with Crippen LogP contribution in [0.2, 0.25) is 0 Å². The Kier molecular flexibility index (Phi) is 3.63. The zero-order valence-electron chi connectivity index (χ0n) is 11.2. The van der Waals surface area contributed by atoms with Gasteiger partial charge in [0.2, 0.25) is 0 Å². The van der Waals surface area contributed by atoms with Crippen molar-refractivity contribution in [1.29, 1.82) is 0 Å². The van der Waals surface area contributed by atoms with Gasteiger partial charge in [-0.05, 0) is 13.0 Å². The summed E-state index contributed by atoms with van der Waals surface area (Å²) in [5.74, 6) is 0. The Morgan fingerprint density at radius 1 is 1.53 bits per heavy atom. The van der Waals surface area contributed by atoms with E-state index in [1.165, 1.54) is 5.69 Å². The fourth-order valence-electron chi connectivity index (χ4n) is 2.34. The molecule has 2 aromatic rings. The average molecular weight is 278 g/mol. The van der Waals surface area contributed by atoms with Gasteiger partial charge in [-0.3, -0.25) is 9.58 Å². The zero-order chi connectivity index (χ0) is 13.2. The first-order valence-corrected chi connectivity index (χ1v) is 7.32. The van der Waals surface area contributed by atoms with E-state index >= 15 is 0 Å². The second-order valence-electron chi connectivity index (χ2n) is 4.83. The van der Waals surface area contributed by atoms with Crippen LogP contribution < -0.4 is 0 Å². The number of aromatic nitrogens is 3. The highest BCUT2D eigenvalue weighted by molar-refractivity contribution is 7.09. The fraction of sp³-hybridized carbons (Fsp3) is 0.538. The first kappa shape index (κ1) is 12.8. The largest absolute Gasteiger partial charge is 0.378 e. The minimum absolute atomic E-state index is 0.266. The maximum Gasteiger partial charge on any atom is 0.112 e. The third kappa shape index (κ3) is 2.70. The Morgan fingerprint density at radius 2 is 2.42 bits per heavy atom. The third-order valence-corrected chi connectivity index (χ3v) is 4.51. The van der Waals surface area contributed by atoms with E-state index in [-0.39, 0.29) is 6.04 Å². The highest BCUT2D eigenvalue weighted by atomic mass is 32.1. The van der Waals surface area contributed by atoms with Gasteiger partial charge in [-0.25, -0.2) is 4.98 Å². The number of thiazole rings is 1. The van der Waals surface area contributed by atoms with Crippen LogP contribution in [0, 0.1) is 6.92 Å². The Hall–Kier alpha value is -1.24. The van der Waals surface area contributed by atoms with Crippen LogP contribution in [-0.4, -0.2) is 39.4 Å². The van der Waals surface area contributed by atoms with Crippen molar-refractivity contribution in [1.82, 2.24) is 19.7 Å². The molecule has 1 atom stereocenters. The lowest BCUT2D eigenvalue weighted by Gasteiger charge is -2.34. The Labute approximate surface area is 116 Å². The van der Waals surface area contributed by atoms with Crippen molar-refractivity contribution in [3.63, 3.8) is 0 Å². The highest BCUT2D eigenvalue weighted by Gasteiger charge is 2.27. The summed E-state index contributed by atoms with van der Waals surface area (Å²) in [6.07, 6.45) is 1.85. The fourth-order valence-corrected chi connectivity index (χ4v) is 3.26. The number of ether oxygens (including phenoxy) is 1. The molecule has 2 aromatic heterocycles. The van der Waals surface area contributed by atoms with Crippen LogP contribution in [-0.2, 0) is 18.3 Å². The third-order valence-electron chi connectivity index (χ3n) is 3.45. The molecule has 6 heteroatoms. The van der Waals surface area contributed by atoms with Gasteiger partial charge in [-0.2, -0.15) is 5.10 Å². The quantitative estimate of drug-likeness (QED) is 0.858. The molecule has 0 amide bonds. The van der Waals surface area contributed by atoms with Crippen molar-refractivity contribution >= 4 is 11.3 Å². The smallest absolute Gasteiger partial charge is 0.112 e. The highest BCUT2D eigenvalue weighted by Crippen LogP contribution is 2.28.